The van der Waals surface area contributed by atoms with E-state index in [1.165, 1.54) is 32.4 Å². The molecule has 3 atom stereocenters. The number of benzene rings is 2. The lowest BCUT2D eigenvalue weighted by molar-refractivity contribution is -0.148. The molecule has 0 aromatic heterocycles. The number of aliphatic hydroxyl groups excluding tert-OH is 1. The highest BCUT2D eigenvalue weighted by atomic mass is 35.5. The predicted molar refractivity (Wildman–Crippen MR) is 106 cm³/mol. The predicted octanol–water partition coefficient (Wildman–Crippen LogP) is 3.16. The Hall–Kier alpha value is -2.48. The molecule has 1 aliphatic heterocycles. The average molecular weight is 440 g/mol. The van der Waals surface area contributed by atoms with Crippen LogP contribution in [-0.2, 0) is 16.1 Å². The molecule has 1 saturated heterocycles. The van der Waals surface area contributed by atoms with Crippen LogP contribution in [0.1, 0.15) is 17.0 Å². The number of hydrogen-bond acceptors (Lipinski definition) is 5. The molecule has 2 N–H and O–H groups in total. The summed E-state index contributed by atoms with van der Waals surface area (Å²) >= 11 is 12.0. The Kier molecular flexibility index (Phi) is 6.21. The van der Waals surface area contributed by atoms with Gasteiger partial charge in [0.2, 0.25) is 5.91 Å². The van der Waals surface area contributed by atoms with E-state index >= 15 is 0 Å². The molecule has 1 fully saturated rings. The molecule has 0 bridgehead atoms. The van der Waals surface area contributed by atoms with Gasteiger partial charge in [0.1, 0.15) is 23.6 Å². The fraction of sp³-hybridized carbons (Fsp3) is 0.300. The minimum atomic E-state index is -1.52. The molecule has 2 aromatic rings. The van der Waals surface area contributed by atoms with Gasteiger partial charge in [-0.25, -0.2) is 0 Å². The van der Waals surface area contributed by atoms with Crippen molar-refractivity contribution in [3.05, 3.63) is 57.6 Å². The van der Waals surface area contributed by atoms with E-state index in [9.17, 15) is 19.8 Å². The first kappa shape index (κ1) is 21.2. The Labute approximate surface area is 177 Å². The number of hydrogen-bond donors (Lipinski definition) is 2. The smallest absolute Gasteiger partial charge is 0.312 e. The maximum absolute atomic E-state index is 13.1. The highest BCUT2D eigenvalue weighted by molar-refractivity contribution is 6.42. The summed E-state index contributed by atoms with van der Waals surface area (Å²) < 4.78 is 10.5. The SMILES string of the molecule is COc1ccc(CN2C(=O)C(c3ccc(Cl)c(Cl)c3)C(C(=O)O)C2O)c(OC)c1. The molecule has 9 heteroatoms. The van der Waals surface area contributed by atoms with E-state index in [0.29, 0.717) is 22.6 Å². The van der Waals surface area contributed by atoms with Gasteiger partial charge in [0.25, 0.3) is 0 Å². The molecule has 0 aliphatic carbocycles. The van der Waals surface area contributed by atoms with Crippen molar-refractivity contribution in [3.8, 4) is 11.5 Å². The van der Waals surface area contributed by atoms with Crippen LogP contribution in [0.3, 0.4) is 0 Å². The van der Waals surface area contributed by atoms with E-state index in [-0.39, 0.29) is 16.6 Å². The molecule has 0 spiro atoms. The van der Waals surface area contributed by atoms with Crippen LogP contribution in [0.15, 0.2) is 36.4 Å². The summed E-state index contributed by atoms with van der Waals surface area (Å²) in [5.74, 6) is -3.25. The Balaban J connectivity index is 1.97. The van der Waals surface area contributed by atoms with Crippen LogP contribution in [0.2, 0.25) is 10.0 Å². The van der Waals surface area contributed by atoms with Crippen LogP contribution < -0.4 is 9.47 Å². The highest BCUT2D eigenvalue weighted by Gasteiger charge is 2.52. The minimum absolute atomic E-state index is 0.0330. The summed E-state index contributed by atoms with van der Waals surface area (Å²) in [6, 6.07) is 9.51. The molecule has 29 heavy (non-hydrogen) atoms. The number of aliphatic carboxylic acids is 1. The van der Waals surface area contributed by atoms with E-state index < -0.39 is 29.9 Å². The summed E-state index contributed by atoms with van der Waals surface area (Å²) in [4.78, 5) is 26.1. The zero-order valence-electron chi connectivity index (χ0n) is 15.6. The summed E-state index contributed by atoms with van der Waals surface area (Å²) in [7, 11) is 2.99. The molecular weight excluding hydrogens is 421 g/mol. The number of carboxylic acids is 1. The van der Waals surface area contributed by atoms with Crippen LogP contribution in [0.5, 0.6) is 11.5 Å². The Bertz CT molecular complexity index is 951. The van der Waals surface area contributed by atoms with Crippen LogP contribution in [-0.4, -0.2) is 47.4 Å². The van der Waals surface area contributed by atoms with Crippen molar-refractivity contribution in [2.75, 3.05) is 14.2 Å². The standard InChI is InChI=1S/C20H19Cl2NO6/c1-28-12-5-3-11(15(8-12)29-2)9-23-18(24)16(17(19(23)25)20(26)27)10-4-6-13(21)14(22)7-10/h3-8,16-17,19,25H,9H2,1-2H3,(H,26,27). The van der Waals surface area contributed by atoms with Crippen LogP contribution in [0.4, 0.5) is 0 Å². The third-order valence-corrected chi connectivity index (χ3v) is 5.71. The molecule has 1 heterocycles. The molecule has 0 saturated carbocycles. The zero-order chi connectivity index (χ0) is 21.3. The number of ether oxygens (including phenoxy) is 2. The Morgan fingerprint density at radius 3 is 2.41 bits per heavy atom. The third-order valence-electron chi connectivity index (χ3n) is 4.97. The lowest BCUT2D eigenvalue weighted by atomic mass is 9.88. The number of rotatable bonds is 6. The highest BCUT2D eigenvalue weighted by Crippen LogP contribution is 2.41. The molecular formula is C20H19Cl2NO6. The van der Waals surface area contributed by atoms with Gasteiger partial charge in [0, 0.05) is 11.6 Å². The molecule has 0 radical (unpaired) electrons. The van der Waals surface area contributed by atoms with Crippen molar-refractivity contribution in [1.82, 2.24) is 4.90 Å². The first-order valence-electron chi connectivity index (χ1n) is 8.65. The number of carbonyl (C=O) groups is 2. The van der Waals surface area contributed by atoms with Gasteiger partial charge in [0.05, 0.1) is 36.7 Å². The van der Waals surface area contributed by atoms with Crippen molar-refractivity contribution in [2.24, 2.45) is 5.92 Å². The van der Waals surface area contributed by atoms with Gasteiger partial charge >= 0.3 is 5.97 Å². The summed E-state index contributed by atoms with van der Waals surface area (Å²) in [5, 5.41) is 20.8. The summed E-state index contributed by atoms with van der Waals surface area (Å²) in [6.07, 6.45) is -1.52. The van der Waals surface area contributed by atoms with E-state index in [1.807, 2.05) is 0 Å². The van der Waals surface area contributed by atoms with E-state index in [0.717, 1.165) is 4.90 Å². The number of aliphatic hydroxyl groups is 1. The first-order chi connectivity index (χ1) is 13.8. The zero-order valence-corrected chi connectivity index (χ0v) is 17.1. The monoisotopic (exact) mass is 439 g/mol. The summed E-state index contributed by atoms with van der Waals surface area (Å²) in [6.45, 7) is -0.0330. The fourth-order valence-electron chi connectivity index (χ4n) is 3.49. The van der Waals surface area contributed by atoms with Gasteiger partial charge in [0.15, 0.2) is 0 Å². The van der Waals surface area contributed by atoms with Gasteiger partial charge in [-0.15, -0.1) is 0 Å². The Morgan fingerprint density at radius 2 is 1.83 bits per heavy atom. The van der Waals surface area contributed by atoms with Gasteiger partial charge in [-0.3, -0.25) is 9.59 Å². The maximum Gasteiger partial charge on any atom is 0.312 e. The van der Waals surface area contributed by atoms with Crippen molar-refractivity contribution in [2.45, 2.75) is 18.7 Å². The number of carboxylic acid groups (broad SMARTS) is 1. The average Bonchev–Trinajstić information content (AvgIpc) is 2.95. The first-order valence-corrected chi connectivity index (χ1v) is 9.41. The maximum atomic E-state index is 13.1. The van der Waals surface area contributed by atoms with Gasteiger partial charge in [-0.1, -0.05) is 29.3 Å². The largest absolute Gasteiger partial charge is 0.497 e. The molecule has 7 nitrogen and oxygen atoms in total. The second kappa shape index (κ2) is 8.49. The van der Waals surface area contributed by atoms with Gasteiger partial charge < -0.3 is 24.6 Å². The number of likely N-dealkylation sites (tertiary alicyclic amines) is 1. The molecule has 1 amide bonds. The van der Waals surface area contributed by atoms with Crippen molar-refractivity contribution in [3.63, 3.8) is 0 Å². The molecule has 1 aliphatic rings. The van der Waals surface area contributed by atoms with Crippen LogP contribution in [0, 0.1) is 5.92 Å². The minimum Gasteiger partial charge on any atom is -0.497 e. The Morgan fingerprint density at radius 1 is 1.10 bits per heavy atom. The fourth-order valence-corrected chi connectivity index (χ4v) is 3.80. The second-order valence-corrected chi connectivity index (χ2v) is 7.39. The lowest BCUT2D eigenvalue weighted by Gasteiger charge is -2.23. The number of nitrogens with zero attached hydrogens (tertiary/aromatic N) is 1. The molecule has 154 valence electrons. The van der Waals surface area contributed by atoms with Gasteiger partial charge in [-0.05, 0) is 29.8 Å². The number of carbonyl (C=O) groups excluding carboxylic acids is 1. The van der Waals surface area contributed by atoms with Crippen molar-refractivity contribution >= 4 is 35.1 Å². The second-order valence-electron chi connectivity index (χ2n) is 6.57. The quantitative estimate of drug-likeness (QED) is 0.717. The topological polar surface area (TPSA) is 96.3 Å². The number of halogens is 2. The summed E-state index contributed by atoms with van der Waals surface area (Å²) in [5.41, 5.74) is 0.972. The van der Waals surface area contributed by atoms with Gasteiger partial charge in [-0.2, -0.15) is 0 Å². The van der Waals surface area contributed by atoms with E-state index in [1.54, 1.807) is 18.2 Å². The van der Waals surface area contributed by atoms with Crippen LogP contribution >= 0.6 is 23.2 Å². The lowest BCUT2D eigenvalue weighted by Crippen LogP contribution is -2.36. The third kappa shape index (κ3) is 3.99. The molecule has 3 unspecified atom stereocenters. The molecule has 2 aromatic carbocycles. The number of methoxy groups -OCH3 is 2. The van der Waals surface area contributed by atoms with Crippen molar-refractivity contribution < 1.29 is 29.3 Å². The van der Waals surface area contributed by atoms with Crippen LogP contribution in [0.25, 0.3) is 0 Å². The molecule has 3 rings (SSSR count). The van der Waals surface area contributed by atoms with E-state index in [2.05, 4.69) is 0 Å². The normalized spacial score (nSPS) is 21.3. The van der Waals surface area contributed by atoms with E-state index in [4.69, 9.17) is 32.7 Å². The number of amides is 1. The van der Waals surface area contributed by atoms with Crippen molar-refractivity contribution in [1.29, 1.82) is 0 Å².